The molecular formula is C32H39F3N6O10. The van der Waals surface area contributed by atoms with Crippen LogP contribution >= 0.6 is 0 Å². The van der Waals surface area contributed by atoms with Gasteiger partial charge in [0.25, 0.3) is 0 Å². The first-order valence-electron chi connectivity index (χ1n) is 15.8. The number of carboxylic acids is 4. The molecule has 5 N–H and O–H groups in total. The van der Waals surface area contributed by atoms with Gasteiger partial charge < -0.3 is 39.8 Å². The molecule has 0 amide bonds. The van der Waals surface area contributed by atoms with E-state index in [4.69, 9.17) is 29.9 Å². The minimum Gasteiger partial charge on any atom is -0.481 e. The second-order valence-corrected chi connectivity index (χ2v) is 11.3. The fraction of sp³-hybridized carbons (Fsp3) is 0.469. The third-order valence-corrected chi connectivity index (χ3v) is 7.51. The summed E-state index contributed by atoms with van der Waals surface area (Å²) in [7, 11) is 0. The van der Waals surface area contributed by atoms with Gasteiger partial charge in [-0.3, -0.25) is 24.1 Å². The Balaban J connectivity index is 0.000000366. The van der Waals surface area contributed by atoms with Gasteiger partial charge in [-0.05, 0) is 25.8 Å². The van der Waals surface area contributed by atoms with Gasteiger partial charge in [-0.25, -0.2) is 28.1 Å². The SMILES string of the molecule is Cc1ncc(-c2nc(Nc3cc(F)c(CN4CCOCC4)cc3F)ncc2F)n1C1CCOCC1.O=C(O)CCC(=O)O.O=C(O)CCC(=O)O. The summed E-state index contributed by atoms with van der Waals surface area (Å²) in [4.78, 5) is 53.2. The largest absolute Gasteiger partial charge is 0.481 e. The first-order chi connectivity index (χ1) is 24.2. The minimum absolute atomic E-state index is 0.0411. The summed E-state index contributed by atoms with van der Waals surface area (Å²) < 4.78 is 57.1. The molecule has 16 nitrogen and oxygen atoms in total. The van der Waals surface area contributed by atoms with Crippen LogP contribution in [0.1, 0.15) is 56.0 Å². The van der Waals surface area contributed by atoms with Crippen LogP contribution in [0.5, 0.6) is 0 Å². The summed E-state index contributed by atoms with van der Waals surface area (Å²) in [5.41, 5.74) is 0.677. The topological polar surface area (TPSA) is 227 Å². The Labute approximate surface area is 289 Å². The average Bonchev–Trinajstić information content (AvgIpc) is 3.48. The van der Waals surface area contributed by atoms with Crippen LogP contribution in [0.3, 0.4) is 0 Å². The predicted octanol–water partition coefficient (Wildman–Crippen LogP) is 3.86. The number of ether oxygens (including phenoxy) is 2. The van der Waals surface area contributed by atoms with E-state index in [0.29, 0.717) is 51.8 Å². The molecule has 51 heavy (non-hydrogen) atoms. The van der Waals surface area contributed by atoms with Crippen molar-refractivity contribution in [2.75, 3.05) is 44.8 Å². The molecule has 19 heteroatoms. The lowest BCUT2D eigenvalue weighted by Gasteiger charge is -2.26. The number of morpholine rings is 1. The van der Waals surface area contributed by atoms with Gasteiger partial charge in [0.1, 0.15) is 23.2 Å². The van der Waals surface area contributed by atoms with Gasteiger partial charge >= 0.3 is 23.9 Å². The lowest BCUT2D eigenvalue weighted by atomic mass is 10.1. The van der Waals surface area contributed by atoms with E-state index in [-0.39, 0.29) is 54.6 Å². The fourth-order valence-electron chi connectivity index (χ4n) is 4.99. The van der Waals surface area contributed by atoms with Gasteiger partial charge in [-0.2, -0.15) is 0 Å². The molecule has 2 saturated heterocycles. The number of halogens is 3. The van der Waals surface area contributed by atoms with Crippen molar-refractivity contribution in [3.63, 3.8) is 0 Å². The normalized spacial score (nSPS) is 14.7. The first kappa shape index (κ1) is 40.3. The molecule has 0 unspecified atom stereocenters. The maximum absolute atomic E-state index is 14.9. The summed E-state index contributed by atoms with van der Waals surface area (Å²) >= 11 is 0. The number of aliphatic carboxylic acids is 4. The molecule has 0 aliphatic carbocycles. The summed E-state index contributed by atoms with van der Waals surface area (Å²) in [6, 6.07) is 2.35. The third-order valence-electron chi connectivity index (χ3n) is 7.51. The lowest BCUT2D eigenvalue weighted by Crippen LogP contribution is -2.35. The number of anilines is 2. The van der Waals surface area contributed by atoms with Crippen LogP contribution in [0.2, 0.25) is 0 Å². The van der Waals surface area contributed by atoms with E-state index < -0.39 is 41.3 Å². The number of hydrogen-bond donors (Lipinski definition) is 5. The molecule has 0 bridgehead atoms. The molecule has 0 radical (unpaired) electrons. The number of nitrogens with zero attached hydrogens (tertiary/aromatic N) is 5. The van der Waals surface area contributed by atoms with Gasteiger partial charge in [0, 0.05) is 50.5 Å². The summed E-state index contributed by atoms with van der Waals surface area (Å²) in [5.74, 6) is -5.43. The smallest absolute Gasteiger partial charge is 0.303 e. The van der Waals surface area contributed by atoms with Gasteiger partial charge in [0.05, 0.1) is 62.7 Å². The summed E-state index contributed by atoms with van der Waals surface area (Å²) in [6.07, 6.45) is 2.96. The van der Waals surface area contributed by atoms with Crippen molar-refractivity contribution < 1.29 is 62.2 Å². The first-order valence-corrected chi connectivity index (χ1v) is 15.8. The van der Waals surface area contributed by atoms with Crippen molar-refractivity contribution in [3.05, 3.63) is 53.4 Å². The third kappa shape index (κ3) is 13.3. The second-order valence-electron chi connectivity index (χ2n) is 11.3. The monoisotopic (exact) mass is 724 g/mol. The highest BCUT2D eigenvalue weighted by atomic mass is 19.1. The van der Waals surface area contributed by atoms with Crippen LogP contribution in [-0.2, 0) is 35.2 Å². The molecule has 2 aromatic heterocycles. The molecule has 0 saturated carbocycles. The van der Waals surface area contributed by atoms with Crippen molar-refractivity contribution in [1.29, 1.82) is 0 Å². The van der Waals surface area contributed by atoms with Gasteiger partial charge in [-0.1, -0.05) is 0 Å². The van der Waals surface area contributed by atoms with Crippen molar-refractivity contribution in [2.24, 2.45) is 0 Å². The number of carboxylic acid groups (broad SMARTS) is 4. The maximum Gasteiger partial charge on any atom is 0.303 e. The Kier molecular flexibility index (Phi) is 15.7. The maximum atomic E-state index is 14.9. The van der Waals surface area contributed by atoms with Gasteiger partial charge in [0.2, 0.25) is 5.95 Å². The quantitative estimate of drug-likeness (QED) is 0.179. The second kappa shape index (κ2) is 19.9. The molecule has 0 spiro atoms. The Morgan fingerprint density at radius 2 is 1.33 bits per heavy atom. The Bertz CT molecular complexity index is 1610. The predicted molar refractivity (Wildman–Crippen MR) is 172 cm³/mol. The van der Waals surface area contributed by atoms with Crippen molar-refractivity contribution in [2.45, 2.75) is 58.0 Å². The average molecular weight is 725 g/mol. The molecule has 0 atom stereocenters. The Morgan fingerprint density at radius 3 is 1.88 bits per heavy atom. The van der Waals surface area contributed by atoms with E-state index >= 15 is 0 Å². The lowest BCUT2D eigenvalue weighted by molar-refractivity contribution is -0.143. The highest BCUT2D eigenvalue weighted by molar-refractivity contribution is 5.75. The van der Waals surface area contributed by atoms with Crippen molar-refractivity contribution in [3.8, 4) is 11.4 Å². The molecule has 2 fully saturated rings. The number of carbonyl (C=O) groups is 4. The van der Waals surface area contributed by atoms with Crippen molar-refractivity contribution in [1.82, 2.24) is 24.4 Å². The van der Waals surface area contributed by atoms with E-state index in [1.807, 2.05) is 16.4 Å². The minimum atomic E-state index is -1.08. The van der Waals surface area contributed by atoms with Crippen LogP contribution in [0.4, 0.5) is 24.8 Å². The molecule has 5 rings (SSSR count). The summed E-state index contributed by atoms with van der Waals surface area (Å²) in [6.45, 7) is 5.85. The van der Waals surface area contributed by atoms with E-state index in [1.54, 1.807) is 6.20 Å². The zero-order valence-electron chi connectivity index (χ0n) is 27.7. The highest BCUT2D eigenvalue weighted by Gasteiger charge is 2.24. The van der Waals surface area contributed by atoms with Gasteiger partial charge in [0.15, 0.2) is 5.82 Å². The zero-order chi connectivity index (χ0) is 37.5. The van der Waals surface area contributed by atoms with Crippen LogP contribution in [-0.4, -0.2) is 108 Å². The van der Waals surface area contributed by atoms with Crippen molar-refractivity contribution >= 4 is 35.5 Å². The van der Waals surface area contributed by atoms with E-state index in [2.05, 4.69) is 20.3 Å². The molecule has 2 aliphatic heterocycles. The molecule has 278 valence electrons. The highest BCUT2D eigenvalue weighted by Crippen LogP contribution is 2.31. The number of benzene rings is 1. The Hall–Kier alpha value is -5.14. The number of aromatic nitrogens is 4. The van der Waals surface area contributed by atoms with E-state index in [9.17, 15) is 32.3 Å². The summed E-state index contributed by atoms with van der Waals surface area (Å²) in [5, 5.41) is 34.3. The van der Waals surface area contributed by atoms with Crippen LogP contribution in [0.15, 0.2) is 24.5 Å². The van der Waals surface area contributed by atoms with Gasteiger partial charge in [-0.15, -0.1) is 0 Å². The Morgan fingerprint density at radius 1 is 0.784 bits per heavy atom. The molecule has 2 aliphatic rings. The molecular weight excluding hydrogens is 685 g/mol. The van der Waals surface area contributed by atoms with Crippen LogP contribution in [0, 0.1) is 24.4 Å². The van der Waals surface area contributed by atoms with Crippen LogP contribution in [0.25, 0.3) is 11.4 Å². The van der Waals surface area contributed by atoms with E-state index in [0.717, 1.165) is 30.9 Å². The number of rotatable bonds is 12. The molecule has 3 aromatic rings. The standard InChI is InChI=1S/C24H27F3N6O2.2C4H6O4/c1-15-28-13-22(33(15)17-2-6-34-7-3-17)23-20(27)12-29-24(31-23)30-21-11-18(25)16(10-19(21)26)14-32-4-8-35-9-5-32;2*5-3(6)1-2-4(7)8/h10-13,17H,2-9,14H2,1H3,(H,29,30,31);2*1-2H2,(H,5,6)(H,7,8). The fourth-order valence-corrected chi connectivity index (χ4v) is 4.99. The van der Waals surface area contributed by atoms with E-state index in [1.165, 1.54) is 6.07 Å². The number of aryl methyl sites for hydroxylation is 1. The van der Waals surface area contributed by atoms with Crippen LogP contribution < -0.4 is 5.32 Å². The number of hydrogen-bond acceptors (Lipinski definition) is 11. The molecule has 4 heterocycles. The zero-order valence-corrected chi connectivity index (χ0v) is 27.7. The number of imidazole rings is 1. The number of nitrogens with one attached hydrogen (secondary N) is 1. The molecule has 1 aromatic carbocycles.